The largest absolute Gasteiger partial charge is 0.465 e. The summed E-state index contributed by atoms with van der Waals surface area (Å²) < 4.78 is 4.64. The molecule has 0 atom stereocenters. The van der Waals surface area contributed by atoms with Crippen LogP contribution in [0, 0.1) is 0 Å². The van der Waals surface area contributed by atoms with Gasteiger partial charge < -0.3 is 10.1 Å². The lowest BCUT2D eigenvalue weighted by molar-refractivity contribution is 0.0600. The monoisotopic (exact) mass is 359 g/mol. The number of methoxy groups -OCH3 is 1. The molecule has 0 unspecified atom stereocenters. The molecule has 0 aliphatic rings. The van der Waals surface area contributed by atoms with Crippen LogP contribution in [0.2, 0.25) is 0 Å². The van der Waals surface area contributed by atoms with Gasteiger partial charge in [-0.25, -0.2) is 4.79 Å². The summed E-state index contributed by atoms with van der Waals surface area (Å²) in [6.07, 6.45) is 0. The van der Waals surface area contributed by atoms with Crippen molar-refractivity contribution in [2.24, 2.45) is 0 Å². The van der Waals surface area contributed by atoms with E-state index in [-0.39, 0.29) is 11.7 Å². The summed E-state index contributed by atoms with van der Waals surface area (Å²) in [6.45, 7) is 0. The molecule has 0 aliphatic carbocycles. The molecule has 0 saturated carbocycles. The van der Waals surface area contributed by atoms with Crippen LogP contribution in [0.1, 0.15) is 36.6 Å². The standard InChI is InChI=1S/C22H17NO4/c1-27-22(26)18-9-7-15(8-10-18)20(24)16-11-13-19(14-12-16)23-21(25)17-5-3-2-4-6-17/h2-14H,1H3,(H,23,25). The Bertz CT molecular complexity index is 961. The fourth-order valence-corrected chi connectivity index (χ4v) is 2.54. The molecule has 3 aromatic carbocycles. The summed E-state index contributed by atoms with van der Waals surface area (Å²) in [7, 11) is 1.31. The Morgan fingerprint density at radius 3 is 1.74 bits per heavy atom. The first-order valence-corrected chi connectivity index (χ1v) is 8.28. The predicted octanol–water partition coefficient (Wildman–Crippen LogP) is 3.96. The van der Waals surface area contributed by atoms with Crippen LogP contribution >= 0.6 is 0 Å². The van der Waals surface area contributed by atoms with Crippen molar-refractivity contribution in [3.8, 4) is 0 Å². The van der Waals surface area contributed by atoms with E-state index in [0.717, 1.165) is 0 Å². The van der Waals surface area contributed by atoms with Gasteiger partial charge in [-0.3, -0.25) is 9.59 Å². The van der Waals surface area contributed by atoms with E-state index < -0.39 is 5.97 Å². The molecule has 27 heavy (non-hydrogen) atoms. The predicted molar refractivity (Wildman–Crippen MR) is 102 cm³/mol. The Labute approximate surface area is 156 Å². The van der Waals surface area contributed by atoms with Crippen molar-refractivity contribution in [2.45, 2.75) is 0 Å². The summed E-state index contributed by atoms with van der Waals surface area (Å²) >= 11 is 0. The van der Waals surface area contributed by atoms with Gasteiger partial charge in [0.15, 0.2) is 5.78 Å². The number of rotatable bonds is 5. The molecule has 5 heteroatoms. The number of carbonyl (C=O) groups excluding carboxylic acids is 3. The highest BCUT2D eigenvalue weighted by molar-refractivity contribution is 6.10. The average Bonchev–Trinajstić information content (AvgIpc) is 2.74. The molecule has 1 N–H and O–H groups in total. The Morgan fingerprint density at radius 1 is 0.667 bits per heavy atom. The van der Waals surface area contributed by atoms with E-state index in [1.165, 1.54) is 7.11 Å². The van der Waals surface area contributed by atoms with Crippen molar-refractivity contribution in [1.29, 1.82) is 0 Å². The number of ether oxygens (including phenoxy) is 1. The number of carbonyl (C=O) groups is 3. The quantitative estimate of drug-likeness (QED) is 0.553. The normalized spacial score (nSPS) is 10.1. The van der Waals surface area contributed by atoms with E-state index in [2.05, 4.69) is 10.1 Å². The number of esters is 1. The average molecular weight is 359 g/mol. The third-order valence-corrected chi connectivity index (χ3v) is 4.01. The Balaban J connectivity index is 1.70. The molecular formula is C22H17NO4. The molecule has 0 fully saturated rings. The minimum absolute atomic E-state index is 0.174. The van der Waals surface area contributed by atoms with Gasteiger partial charge in [-0.2, -0.15) is 0 Å². The van der Waals surface area contributed by atoms with Crippen molar-refractivity contribution >= 4 is 23.3 Å². The van der Waals surface area contributed by atoms with Crippen LogP contribution in [0.4, 0.5) is 5.69 Å². The molecule has 5 nitrogen and oxygen atoms in total. The lowest BCUT2D eigenvalue weighted by Crippen LogP contribution is -2.11. The molecule has 3 aromatic rings. The third kappa shape index (κ3) is 4.27. The van der Waals surface area contributed by atoms with E-state index in [1.54, 1.807) is 72.8 Å². The van der Waals surface area contributed by atoms with Crippen molar-refractivity contribution in [3.05, 3.63) is 101 Å². The van der Waals surface area contributed by atoms with Gasteiger partial charge in [-0.05, 0) is 48.5 Å². The van der Waals surface area contributed by atoms with Crippen LogP contribution in [-0.2, 0) is 4.74 Å². The van der Waals surface area contributed by atoms with E-state index in [4.69, 9.17) is 0 Å². The van der Waals surface area contributed by atoms with Gasteiger partial charge in [-0.1, -0.05) is 30.3 Å². The zero-order valence-corrected chi connectivity index (χ0v) is 14.6. The summed E-state index contributed by atoms with van der Waals surface area (Å²) in [5.74, 6) is -0.840. The van der Waals surface area contributed by atoms with Crippen molar-refractivity contribution in [3.63, 3.8) is 0 Å². The Kier molecular flexibility index (Phi) is 5.42. The van der Waals surface area contributed by atoms with Crippen LogP contribution < -0.4 is 5.32 Å². The highest BCUT2D eigenvalue weighted by Gasteiger charge is 2.12. The second kappa shape index (κ2) is 8.10. The van der Waals surface area contributed by atoms with Gasteiger partial charge in [0.05, 0.1) is 12.7 Å². The highest BCUT2D eigenvalue weighted by atomic mass is 16.5. The van der Waals surface area contributed by atoms with E-state index in [0.29, 0.717) is 27.9 Å². The number of anilines is 1. The van der Waals surface area contributed by atoms with E-state index >= 15 is 0 Å². The minimum atomic E-state index is -0.451. The minimum Gasteiger partial charge on any atom is -0.465 e. The molecule has 3 rings (SSSR count). The molecular weight excluding hydrogens is 342 g/mol. The fourth-order valence-electron chi connectivity index (χ4n) is 2.54. The number of amides is 1. The van der Waals surface area contributed by atoms with Gasteiger partial charge in [-0.15, -0.1) is 0 Å². The Hall–Kier alpha value is -3.73. The summed E-state index contributed by atoms with van der Waals surface area (Å²) in [4.78, 5) is 36.1. The van der Waals surface area contributed by atoms with Crippen LogP contribution in [0.3, 0.4) is 0 Å². The Morgan fingerprint density at radius 2 is 1.19 bits per heavy atom. The maximum atomic E-state index is 12.5. The van der Waals surface area contributed by atoms with Crippen molar-refractivity contribution in [2.75, 3.05) is 12.4 Å². The van der Waals surface area contributed by atoms with Crippen LogP contribution in [-0.4, -0.2) is 24.8 Å². The first-order valence-electron chi connectivity index (χ1n) is 8.28. The molecule has 0 saturated heterocycles. The highest BCUT2D eigenvalue weighted by Crippen LogP contribution is 2.16. The molecule has 0 bridgehead atoms. The van der Waals surface area contributed by atoms with Crippen LogP contribution in [0.15, 0.2) is 78.9 Å². The molecule has 0 radical (unpaired) electrons. The molecule has 0 aliphatic heterocycles. The van der Waals surface area contributed by atoms with Gasteiger partial charge >= 0.3 is 5.97 Å². The third-order valence-electron chi connectivity index (χ3n) is 4.01. The maximum absolute atomic E-state index is 12.5. The van der Waals surface area contributed by atoms with Gasteiger partial charge in [0.25, 0.3) is 5.91 Å². The molecule has 1 amide bonds. The van der Waals surface area contributed by atoms with E-state index in [9.17, 15) is 14.4 Å². The van der Waals surface area contributed by atoms with Gasteiger partial charge in [0, 0.05) is 22.4 Å². The summed E-state index contributed by atoms with van der Waals surface area (Å²) in [6, 6.07) is 21.8. The summed E-state index contributed by atoms with van der Waals surface area (Å²) in [5, 5.41) is 2.79. The zero-order valence-electron chi connectivity index (χ0n) is 14.6. The van der Waals surface area contributed by atoms with Crippen molar-refractivity contribution < 1.29 is 19.1 Å². The second-order valence-electron chi connectivity index (χ2n) is 5.80. The molecule has 0 aromatic heterocycles. The SMILES string of the molecule is COC(=O)c1ccc(C(=O)c2ccc(NC(=O)c3ccccc3)cc2)cc1. The van der Waals surface area contributed by atoms with Gasteiger partial charge in [0.1, 0.15) is 0 Å². The van der Waals surface area contributed by atoms with Crippen LogP contribution in [0.5, 0.6) is 0 Å². The van der Waals surface area contributed by atoms with E-state index in [1.807, 2.05) is 6.07 Å². The molecule has 0 heterocycles. The second-order valence-corrected chi connectivity index (χ2v) is 5.80. The first-order chi connectivity index (χ1) is 13.1. The number of benzene rings is 3. The lowest BCUT2D eigenvalue weighted by atomic mass is 10.0. The topological polar surface area (TPSA) is 72.5 Å². The molecule has 0 spiro atoms. The smallest absolute Gasteiger partial charge is 0.337 e. The summed E-state index contributed by atoms with van der Waals surface area (Å²) in [5.41, 5.74) is 2.49. The number of hydrogen-bond donors (Lipinski definition) is 1. The fraction of sp³-hybridized carbons (Fsp3) is 0.0455. The zero-order chi connectivity index (χ0) is 19.2. The number of ketones is 1. The molecule has 134 valence electrons. The maximum Gasteiger partial charge on any atom is 0.337 e. The first kappa shape index (κ1) is 18.1. The number of hydrogen-bond acceptors (Lipinski definition) is 4. The number of nitrogens with one attached hydrogen (secondary N) is 1. The lowest BCUT2D eigenvalue weighted by Gasteiger charge is -2.07. The van der Waals surface area contributed by atoms with Crippen LogP contribution in [0.25, 0.3) is 0 Å². The van der Waals surface area contributed by atoms with Gasteiger partial charge in [0.2, 0.25) is 0 Å². The van der Waals surface area contributed by atoms with Crippen molar-refractivity contribution in [1.82, 2.24) is 0 Å².